The molecule has 0 saturated heterocycles. The Labute approximate surface area is 124 Å². The van der Waals surface area contributed by atoms with Crippen LogP contribution in [0.4, 0.5) is 0 Å². The van der Waals surface area contributed by atoms with E-state index in [4.69, 9.17) is 13.6 Å². The summed E-state index contributed by atoms with van der Waals surface area (Å²) in [5.74, 6) is 1.01. The molecule has 22 heavy (non-hydrogen) atoms. The SMILES string of the molecule is COc1ccc2c(-c3nc4ccccc4o3)cc(=O)oc2c1. The van der Waals surface area contributed by atoms with E-state index in [1.165, 1.54) is 6.07 Å². The first-order chi connectivity index (χ1) is 10.7. The zero-order valence-corrected chi connectivity index (χ0v) is 11.7. The van der Waals surface area contributed by atoms with E-state index < -0.39 is 5.63 Å². The highest BCUT2D eigenvalue weighted by atomic mass is 16.5. The topological polar surface area (TPSA) is 65.5 Å². The lowest BCUT2D eigenvalue weighted by Gasteiger charge is -2.04. The van der Waals surface area contributed by atoms with Crippen molar-refractivity contribution < 1.29 is 13.6 Å². The van der Waals surface area contributed by atoms with Gasteiger partial charge in [-0.15, -0.1) is 0 Å². The Hall–Kier alpha value is -3.08. The quantitative estimate of drug-likeness (QED) is 0.528. The van der Waals surface area contributed by atoms with Gasteiger partial charge in [-0.2, -0.15) is 0 Å². The largest absolute Gasteiger partial charge is 0.497 e. The minimum atomic E-state index is -0.460. The Morgan fingerprint density at radius 3 is 2.68 bits per heavy atom. The first-order valence-corrected chi connectivity index (χ1v) is 6.72. The van der Waals surface area contributed by atoms with E-state index in [2.05, 4.69) is 4.98 Å². The molecule has 0 radical (unpaired) electrons. The Balaban J connectivity index is 2.02. The fraction of sp³-hybridized carbons (Fsp3) is 0.0588. The highest BCUT2D eigenvalue weighted by molar-refractivity contribution is 5.92. The maximum Gasteiger partial charge on any atom is 0.337 e. The van der Waals surface area contributed by atoms with E-state index in [1.807, 2.05) is 30.3 Å². The predicted octanol–water partition coefficient (Wildman–Crippen LogP) is 3.61. The van der Waals surface area contributed by atoms with E-state index >= 15 is 0 Å². The first-order valence-electron chi connectivity index (χ1n) is 6.72. The van der Waals surface area contributed by atoms with E-state index in [9.17, 15) is 4.79 Å². The summed E-state index contributed by atoms with van der Waals surface area (Å²) >= 11 is 0. The molecule has 0 fully saturated rings. The molecule has 0 saturated carbocycles. The molecular formula is C17H11NO4. The third kappa shape index (κ3) is 1.95. The number of rotatable bonds is 2. The number of methoxy groups -OCH3 is 1. The number of hydrogen-bond donors (Lipinski definition) is 0. The number of benzene rings is 2. The number of oxazole rings is 1. The molecule has 2 aromatic carbocycles. The number of hydrogen-bond acceptors (Lipinski definition) is 5. The summed E-state index contributed by atoms with van der Waals surface area (Å²) in [6.07, 6.45) is 0. The van der Waals surface area contributed by atoms with E-state index in [1.54, 1.807) is 19.2 Å². The average Bonchev–Trinajstić information content (AvgIpc) is 2.97. The molecule has 108 valence electrons. The van der Waals surface area contributed by atoms with E-state index in [0.29, 0.717) is 28.4 Å². The molecule has 0 amide bonds. The van der Waals surface area contributed by atoms with Crippen LogP contribution in [0.1, 0.15) is 0 Å². The van der Waals surface area contributed by atoms with Crippen molar-refractivity contribution in [2.45, 2.75) is 0 Å². The summed E-state index contributed by atoms with van der Waals surface area (Å²) in [4.78, 5) is 16.3. The van der Waals surface area contributed by atoms with Crippen molar-refractivity contribution in [1.29, 1.82) is 0 Å². The third-order valence-corrected chi connectivity index (χ3v) is 3.48. The predicted molar refractivity (Wildman–Crippen MR) is 82.0 cm³/mol. The number of nitrogens with zero attached hydrogens (tertiary/aromatic N) is 1. The fourth-order valence-corrected chi connectivity index (χ4v) is 2.43. The van der Waals surface area contributed by atoms with Crippen molar-refractivity contribution in [2.75, 3.05) is 7.11 Å². The van der Waals surface area contributed by atoms with Crippen LogP contribution in [0, 0.1) is 0 Å². The molecule has 2 heterocycles. The van der Waals surface area contributed by atoms with Crippen molar-refractivity contribution in [3.05, 3.63) is 59.0 Å². The van der Waals surface area contributed by atoms with Crippen molar-refractivity contribution in [3.8, 4) is 17.2 Å². The molecule has 0 aliphatic carbocycles. The lowest BCUT2D eigenvalue weighted by atomic mass is 10.1. The van der Waals surface area contributed by atoms with Gasteiger partial charge in [0, 0.05) is 17.5 Å². The summed E-state index contributed by atoms with van der Waals surface area (Å²) in [5, 5.41) is 0.743. The number of ether oxygens (including phenoxy) is 1. The van der Waals surface area contributed by atoms with Crippen LogP contribution in [0.3, 0.4) is 0 Å². The van der Waals surface area contributed by atoms with Gasteiger partial charge >= 0.3 is 5.63 Å². The Kier molecular flexibility index (Phi) is 2.72. The van der Waals surface area contributed by atoms with Gasteiger partial charge in [-0.3, -0.25) is 0 Å². The molecule has 5 nitrogen and oxygen atoms in total. The molecule has 4 aromatic rings. The van der Waals surface area contributed by atoms with Crippen molar-refractivity contribution in [3.63, 3.8) is 0 Å². The third-order valence-electron chi connectivity index (χ3n) is 3.48. The molecule has 0 N–H and O–H groups in total. The van der Waals surface area contributed by atoms with Crippen LogP contribution in [0.15, 0.2) is 62.2 Å². The van der Waals surface area contributed by atoms with Crippen LogP contribution < -0.4 is 10.4 Å². The van der Waals surface area contributed by atoms with E-state index in [-0.39, 0.29) is 0 Å². The molecule has 0 atom stereocenters. The van der Waals surface area contributed by atoms with Gasteiger partial charge in [-0.1, -0.05) is 12.1 Å². The van der Waals surface area contributed by atoms with Crippen LogP contribution >= 0.6 is 0 Å². The van der Waals surface area contributed by atoms with Crippen LogP contribution in [-0.4, -0.2) is 12.1 Å². The molecule has 0 aliphatic rings. The maximum atomic E-state index is 11.8. The lowest BCUT2D eigenvalue weighted by molar-refractivity contribution is 0.414. The summed E-state index contributed by atoms with van der Waals surface area (Å²) in [7, 11) is 1.56. The Bertz CT molecular complexity index is 1010. The second-order valence-corrected chi connectivity index (χ2v) is 4.83. The van der Waals surface area contributed by atoms with Gasteiger partial charge in [0.1, 0.15) is 16.8 Å². The number of aromatic nitrogens is 1. The molecule has 0 bridgehead atoms. The van der Waals surface area contributed by atoms with Gasteiger partial charge in [0.05, 0.1) is 12.7 Å². The van der Waals surface area contributed by atoms with Gasteiger partial charge in [-0.05, 0) is 24.3 Å². The summed E-state index contributed by atoms with van der Waals surface area (Å²) in [6.45, 7) is 0. The minimum absolute atomic E-state index is 0.393. The van der Waals surface area contributed by atoms with Gasteiger partial charge in [-0.25, -0.2) is 9.78 Å². The zero-order valence-electron chi connectivity index (χ0n) is 11.7. The lowest BCUT2D eigenvalue weighted by Crippen LogP contribution is -1.98. The van der Waals surface area contributed by atoms with Gasteiger partial charge in [0.15, 0.2) is 5.58 Å². The highest BCUT2D eigenvalue weighted by Gasteiger charge is 2.14. The standard InChI is InChI=1S/C17H11NO4/c1-20-10-6-7-11-12(9-16(19)21-15(11)8-10)17-18-13-4-2-3-5-14(13)22-17/h2-9H,1H3. The number of para-hydroxylation sites is 2. The molecular weight excluding hydrogens is 282 g/mol. The number of fused-ring (bicyclic) bond motifs is 2. The van der Waals surface area contributed by atoms with Gasteiger partial charge in [0.2, 0.25) is 5.89 Å². The smallest absolute Gasteiger partial charge is 0.337 e. The molecule has 0 aliphatic heterocycles. The Morgan fingerprint density at radius 2 is 1.86 bits per heavy atom. The van der Waals surface area contributed by atoms with Crippen molar-refractivity contribution in [2.24, 2.45) is 0 Å². The Morgan fingerprint density at radius 1 is 1.00 bits per heavy atom. The van der Waals surface area contributed by atoms with E-state index in [0.717, 1.165) is 10.9 Å². The first kappa shape index (κ1) is 12.6. The summed E-state index contributed by atoms with van der Waals surface area (Å²) in [6, 6.07) is 14.1. The second kappa shape index (κ2) is 4.73. The normalized spacial score (nSPS) is 11.1. The zero-order chi connectivity index (χ0) is 15.1. The summed E-state index contributed by atoms with van der Waals surface area (Å²) in [5.41, 5.74) is 1.99. The molecule has 0 unspecified atom stereocenters. The second-order valence-electron chi connectivity index (χ2n) is 4.83. The molecule has 0 spiro atoms. The fourth-order valence-electron chi connectivity index (χ4n) is 2.43. The highest BCUT2D eigenvalue weighted by Crippen LogP contribution is 2.31. The minimum Gasteiger partial charge on any atom is -0.497 e. The van der Waals surface area contributed by atoms with Crippen LogP contribution in [0.2, 0.25) is 0 Å². The molecule has 5 heteroatoms. The maximum absolute atomic E-state index is 11.8. The van der Waals surface area contributed by atoms with Crippen LogP contribution in [0.5, 0.6) is 5.75 Å². The van der Waals surface area contributed by atoms with Gasteiger partial charge < -0.3 is 13.6 Å². The van der Waals surface area contributed by atoms with Crippen LogP contribution in [0.25, 0.3) is 33.5 Å². The van der Waals surface area contributed by atoms with Crippen molar-refractivity contribution >= 4 is 22.1 Å². The molecule has 2 aromatic heterocycles. The van der Waals surface area contributed by atoms with Crippen LogP contribution in [-0.2, 0) is 0 Å². The average molecular weight is 293 g/mol. The summed E-state index contributed by atoms with van der Waals surface area (Å²) < 4.78 is 16.1. The monoisotopic (exact) mass is 293 g/mol. The molecule has 4 rings (SSSR count). The van der Waals surface area contributed by atoms with Crippen molar-refractivity contribution in [1.82, 2.24) is 4.98 Å². The van der Waals surface area contributed by atoms with Gasteiger partial charge in [0.25, 0.3) is 0 Å².